The van der Waals surface area contributed by atoms with Gasteiger partial charge in [-0.3, -0.25) is 4.79 Å². The number of rotatable bonds is 14. The molecule has 1 aromatic rings. The second-order valence-electron chi connectivity index (χ2n) is 6.03. The fraction of sp³-hybridized carbons (Fsp3) is 0.579. The smallest absolute Gasteiger partial charge is 0.337 e. The van der Waals surface area contributed by atoms with Gasteiger partial charge in [0.25, 0.3) is 5.91 Å². The largest absolute Gasteiger partial charge is 0.465 e. The van der Waals surface area contributed by atoms with E-state index in [2.05, 4.69) is 20.7 Å². The first kappa shape index (κ1) is 22.1. The molecule has 0 bridgehead atoms. The van der Waals surface area contributed by atoms with Crippen molar-refractivity contribution in [1.82, 2.24) is 16.0 Å². The highest BCUT2D eigenvalue weighted by Gasteiger charge is 2.08. The van der Waals surface area contributed by atoms with Crippen molar-refractivity contribution in [3.8, 4) is 0 Å². The second kappa shape index (κ2) is 14.2. The van der Waals surface area contributed by atoms with Crippen LogP contribution in [0, 0.1) is 0 Å². The summed E-state index contributed by atoms with van der Waals surface area (Å²) in [5, 5.41) is 9.61. The van der Waals surface area contributed by atoms with Gasteiger partial charge < -0.3 is 26.4 Å². The van der Waals surface area contributed by atoms with Crippen LogP contribution in [0.5, 0.6) is 0 Å². The maximum atomic E-state index is 12.0. The predicted octanol–water partition coefficient (Wildman–Crippen LogP) is 0.901. The van der Waals surface area contributed by atoms with Gasteiger partial charge in [-0.15, -0.1) is 0 Å². The number of unbranched alkanes of at least 4 members (excludes halogenated alkanes) is 1. The number of carbonyl (C=O) groups excluding carboxylic acids is 2. The van der Waals surface area contributed by atoms with E-state index in [-0.39, 0.29) is 5.91 Å². The van der Waals surface area contributed by atoms with Crippen LogP contribution in [-0.2, 0) is 4.74 Å². The fourth-order valence-electron chi connectivity index (χ4n) is 2.37. The van der Waals surface area contributed by atoms with E-state index < -0.39 is 5.97 Å². The molecule has 1 rings (SSSR count). The monoisotopic (exact) mass is 364 g/mol. The molecule has 0 atom stereocenters. The zero-order valence-corrected chi connectivity index (χ0v) is 15.7. The van der Waals surface area contributed by atoms with Crippen molar-refractivity contribution in [2.75, 3.05) is 46.4 Å². The Morgan fingerprint density at radius 1 is 0.846 bits per heavy atom. The molecule has 0 aromatic heterocycles. The molecular formula is C19H32N4O3. The molecule has 0 unspecified atom stereocenters. The van der Waals surface area contributed by atoms with Gasteiger partial charge in [0.15, 0.2) is 0 Å². The molecule has 0 aliphatic heterocycles. The van der Waals surface area contributed by atoms with E-state index in [1.165, 1.54) is 7.11 Å². The SMILES string of the molecule is COC(=O)c1ccc(C(=O)NCCCNCCCCNCCCN)cc1. The molecule has 0 radical (unpaired) electrons. The van der Waals surface area contributed by atoms with Gasteiger partial charge in [-0.25, -0.2) is 4.79 Å². The summed E-state index contributed by atoms with van der Waals surface area (Å²) >= 11 is 0. The van der Waals surface area contributed by atoms with Crippen molar-refractivity contribution in [1.29, 1.82) is 0 Å². The Labute approximate surface area is 156 Å². The first-order valence-electron chi connectivity index (χ1n) is 9.27. The van der Waals surface area contributed by atoms with Gasteiger partial charge in [-0.05, 0) is 82.7 Å². The summed E-state index contributed by atoms with van der Waals surface area (Å²) in [5.41, 5.74) is 6.40. The second-order valence-corrected chi connectivity index (χ2v) is 6.03. The molecule has 0 spiro atoms. The Kier molecular flexibility index (Phi) is 12.1. The Balaban J connectivity index is 2.02. The number of ether oxygens (including phenoxy) is 1. The van der Waals surface area contributed by atoms with Crippen LogP contribution in [0.2, 0.25) is 0 Å². The molecule has 1 amide bonds. The van der Waals surface area contributed by atoms with Gasteiger partial charge in [-0.1, -0.05) is 0 Å². The molecule has 0 fully saturated rings. The molecule has 0 saturated carbocycles. The normalized spacial score (nSPS) is 10.5. The van der Waals surface area contributed by atoms with Gasteiger partial charge >= 0.3 is 5.97 Å². The molecule has 0 saturated heterocycles. The summed E-state index contributed by atoms with van der Waals surface area (Å²) in [6.45, 7) is 5.25. The minimum atomic E-state index is -0.408. The minimum Gasteiger partial charge on any atom is -0.465 e. The van der Waals surface area contributed by atoms with Crippen LogP contribution in [0.25, 0.3) is 0 Å². The summed E-state index contributed by atoms with van der Waals surface area (Å²) in [5.74, 6) is -0.542. The third-order valence-electron chi connectivity index (χ3n) is 3.90. The van der Waals surface area contributed by atoms with E-state index in [0.29, 0.717) is 17.7 Å². The molecule has 26 heavy (non-hydrogen) atoms. The number of benzene rings is 1. The number of amides is 1. The van der Waals surface area contributed by atoms with Crippen molar-refractivity contribution >= 4 is 11.9 Å². The van der Waals surface area contributed by atoms with Crippen LogP contribution in [0.15, 0.2) is 24.3 Å². The number of hydrogen-bond donors (Lipinski definition) is 4. The zero-order valence-electron chi connectivity index (χ0n) is 15.7. The highest BCUT2D eigenvalue weighted by molar-refractivity contribution is 5.96. The first-order chi connectivity index (χ1) is 12.7. The van der Waals surface area contributed by atoms with Crippen LogP contribution in [-0.4, -0.2) is 58.3 Å². The van der Waals surface area contributed by atoms with Crippen molar-refractivity contribution < 1.29 is 14.3 Å². The van der Waals surface area contributed by atoms with E-state index in [1.807, 2.05) is 0 Å². The van der Waals surface area contributed by atoms with Crippen molar-refractivity contribution in [2.45, 2.75) is 25.7 Å². The lowest BCUT2D eigenvalue weighted by Gasteiger charge is -2.08. The van der Waals surface area contributed by atoms with Gasteiger partial charge in [0.2, 0.25) is 0 Å². The lowest BCUT2D eigenvalue weighted by atomic mass is 10.1. The van der Waals surface area contributed by atoms with Crippen molar-refractivity contribution in [3.63, 3.8) is 0 Å². The molecule has 7 nitrogen and oxygen atoms in total. The first-order valence-corrected chi connectivity index (χ1v) is 9.27. The standard InChI is InChI=1S/C19H32N4O3/c1-26-19(25)17-8-6-16(7-9-17)18(24)23-15-5-14-22-12-3-2-11-21-13-4-10-20/h6-9,21-22H,2-5,10-15,20H2,1H3,(H,23,24). The topological polar surface area (TPSA) is 105 Å². The molecule has 1 aromatic carbocycles. The Hall–Kier alpha value is -1.96. The van der Waals surface area contributed by atoms with E-state index >= 15 is 0 Å². The average Bonchev–Trinajstić information content (AvgIpc) is 2.68. The molecular weight excluding hydrogens is 332 g/mol. The number of methoxy groups -OCH3 is 1. The minimum absolute atomic E-state index is 0.134. The number of esters is 1. The van der Waals surface area contributed by atoms with Gasteiger partial charge in [0.05, 0.1) is 12.7 Å². The summed E-state index contributed by atoms with van der Waals surface area (Å²) in [6, 6.07) is 6.43. The average molecular weight is 364 g/mol. The number of carbonyl (C=O) groups is 2. The number of hydrogen-bond acceptors (Lipinski definition) is 6. The molecule has 146 valence electrons. The van der Waals surface area contributed by atoms with Crippen molar-refractivity contribution in [2.24, 2.45) is 5.73 Å². The zero-order chi connectivity index (χ0) is 19.0. The molecule has 0 aliphatic carbocycles. The maximum Gasteiger partial charge on any atom is 0.337 e. The summed E-state index contributed by atoms with van der Waals surface area (Å²) in [6.07, 6.45) is 4.19. The Morgan fingerprint density at radius 2 is 1.38 bits per heavy atom. The van der Waals surface area contributed by atoms with Crippen LogP contribution in [0.3, 0.4) is 0 Å². The predicted molar refractivity (Wildman–Crippen MR) is 103 cm³/mol. The van der Waals surface area contributed by atoms with Crippen molar-refractivity contribution in [3.05, 3.63) is 35.4 Å². The molecule has 7 heteroatoms. The lowest BCUT2D eigenvalue weighted by Crippen LogP contribution is -2.28. The third kappa shape index (κ3) is 9.50. The van der Waals surface area contributed by atoms with Gasteiger partial charge in [0.1, 0.15) is 0 Å². The fourth-order valence-corrected chi connectivity index (χ4v) is 2.37. The number of nitrogens with one attached hydrogen (secondary N) is 3. The maximum absolute atomic E-state index is 12.0. The number of nitrogens with two attached hydrogens (primary N) is 1. The van der Waals surface area contributed by atoms with E-state index in [4.69, 9.17) is 5.73 Å². The highest BCUT2D eigenvalue weighted by atomic mass is 16.5. The highest BCUT2D eigenvalue weighted by Crippen LogP contribution is 2.05. The lowest BCUT2D eigenvalue weighted by molar-refractivity contribution is 0.0600. The van der Waals surface area contributed by atoms with Gasteiger partial charge in [-0.2, -0.15) is 0 Å². The Bertz CT molecular complexity index is 520. The molecule has 0 aliphatic rings. The van der Waals surface area contributed by atoms with E-state index in [1.54, 1.807) is 24.3 Å². The van der Waals surface area contributed by atoms with Crippen LogP contribution >= 0.6 is 0 Å². The quantitative estimate of drug-likeness (QED) is 0.289. The van der Waals surface area contributed by atoms with Crippen LogP contribution < -0.4 is 21.7 Å². The summed E-state index contributed by atoms with van der Waals surface area (Å²) in [4.78, 5) is 23.4. The Morgan fingerprint density at radius 3 is 1.96 bits per heavy atom. The molecule has 5 N–H and O–H groups in total. The van der Waals surface area contributed by atoms with Crippen LogP contribution in [0.1, 0.15) is 46.4 Å². The third-order valence-corrected chi connectivity index (χ3v) is 3.90. The molecule has 0 heterocycles. The summed E-state index contributed by atoms with van der Waals surface area (Å²) in [7, 11) is 1.33. The van der Waals surface area contributed by atoms with Crippen LogP contribution in [0.4, 0.5) is 0 Å². The van der Waals surface area contributed by atoms with Gasteiger partial charge in [0, 0.05) is 12.1 Å². The van der Waals surface area contributed by atoms with E-state index in [0.717, 1.165) is 58.4 Å². The van der Waals surface area contributed by atoms with E-state index in [9.17, 15) is 9.59 Å². The summed E-state index contributed by atoms with van der Waals surface area (Å²) < 4.78 is 4.63.